The number of aryl methyl sites for hydroxylation is 1. The summed E-state index contributed by atoms with van der Waals surface area (Å²) in [6, 6.07) is 6.60. The van der Waals surface area contributed by atoms with Gasteiger partial charge in [-0.05, 0) is 48.7 Å². The second-order valence-corrected chi connectivity index (χ2v) is 11.6. The lowest BCUT2D eigenvalue weighted by molar-refractivity contribution is -0.172. The van der Waals surface area contributed by atoms with Gasteiger partial charge in [-0.15, -0.1) is 0 Å². The van der Waals surface area contributed by atoms with Gasteiger partial charge in [0, 0.05) is 18.1 Å². The van der Waals surface area contributed by atoms with Crippen molar-refractivity contribution in [2.45, 2.75) is 37.9 Å². The zero-order valence-corrected chi connectivity index (χ0v) is 24.0. The van der Waals surface area contributed by atoms with Gasteiger partial charge in [0.2, 0.25) is 11.2 Å². The number of allylic oxidation sites excluding steroid dienone is 1. The Morgan fingerprint density at radius 1 is 1.00 bits per heavy atom. The van der Waals surface area contributed by atoms with Crippen LogP contribution in [0, 0.1) is 12.3 Å². The first-order valence-corrected chi connectivity index (χ1v) is 13.8. The summed E-state index contributed by atoms with van der Waals surface area (Å²) in [5.41, 5.74) is -6.11. The molecule has 0 saturated heterocycles. The molecule has 1 spiro atoms. The molecule has 0 amide bonds. The van der Waals surface area contributed by atoms with Gasteiger partial charge in [0.15, 0.2) is 11.4 Å². The smallest absolute Gasteiger partial charge is 0.342 e. The van der Waals surface area contributed by atoms with E-state index in [1.54, 1.807) is 6.92 Å². The summed E-state index contributed by atoms with van der Waals surface area (Å²) < 4.78 is 16.4. The summed E-state index contributed by atoms with van der Waals surface area (Å²) in [7, 11) is 1.06. The molecule has 12 nitrogen and oxygen atoms in total. The summed E-state index contributed by atoms with van der Waals surface area (Å²) in [5.74, 6) is -7.22. The van der Waals surface area contributed by atoms with Crippen LogP contribution in [0.3, 0.4) is 0 Å². The van der Waals surface area contributed by atoms with Crippen LogP contribution in [0.5, 0.6) is 17.2 Å². The maximum atomic E-state index is 14.3. The van der Waals surface area contributed by atoms with Crippen molar-refractivity contribution < 1.29 is 53.5 Å². The zero-order chi connectivity index (χ0) is 32.3. The third kappa shape index (κ3) is 3.37. The number of carbonyl (C=O) groups is 4. The van der Waals surface area contributed by atoms with Gasteiger partial charge in [0.05, 0.1) is 29.4 Å². The highest BCUT2D eigenvalue weighted by Crippen LogP contribution is 2.62. The van der Waals surface area contributed by atoms with Crippen molar-refractivity contribution in [2.24, 2.45) is 5.41 Å². The van der Waals surface area contributed by atoms with E-state index in [0.29, 0.717) is 5.56 Å². The molecule has 4 aromatic rings. The Hall–Kier alpha value is -5.49. The van der Waals surface area contributed by atoms with Gasteiger partial charge in [-0.3, -0.25) is 19.2 Å². The summed E-state index contributed by atoms with van der Waals surface area (Å²) in [6.07, 6.45) is 1.00. The highest BCUT2D eigenvalue weighted by molar-refractivity contribution is 6.24. The van der Waals surface area contributed by atoms with E-state index in [-0.39, 0.29) is 45.2 Å². The van der Waals surface area contributed by atoms with Gasteiger partial charge in [-0.1, -0.05) is 18.2 Å². The van der Waals surface area contributed by atoms with Crippen LogP contribution in [-0.2, 0) is 25.5 Å². The minimum Gasteiger partial charge on any atom is -0.507 e. The summed E-state index contributed by atoms with van der Waals surface area (Å²) in [6.45, 7) is 2.78. The van der Waals surface area contributed by atoms with E-state index >= 15 is 0 Å². The molecule has 4 atom stereocenters. The number of ether oxygens (including phenoxy) is 2. The van der Waals surface area contributed by atoms with Crippen LogP contribution in [0.25, 0.3) is 21.9 Å². The average Bonchev–Trinajstić information content (AvgIpc) is 3.19. The second-order valence-electron chi connectivity index (χ2n) is 11.6. The van der Waals surface area contributed by atoms with E-state index in [1.165, 1.54) is 36.4 Å². The number of phenolic OH excluding ortho intramolecular Hbond substituents is 3. The Labute approximate surface area is 252 Å². The highest BCUT2D eigenvalue weighted by Gasteiger charge is 2.71. The van der Waals surface area contributed by atoms with Gasteiger partial charge in [-0.2, -0.15) is 0 Å². The third-order valence-corrected chi connectivity index (χ3v) is 9.17. The number of methoxy groups -OCH3 is 1. The molecule has 0 saturated carbocycles. The third-order valence-electron chi connectivity index (χ3n) is 9.17. The van der Waals surface area contributed by atoms with Gasteiger partial charge in [0.1, 0.15) is 45.5 Å². The topological polar surface area (TPSA) is 198 Å². The first kappa shape index (κ1) is 28.3. The fraction of sp³-hybridized carbons (Fsp3) is 0.242. The molecular weight excluding hydrogens is 588 g/mol. The molecule has 0 fully saturated rings. The molecule has 12 heteroatoms. The minimum atomic E-state index is -2.87. The number of aliphatic hydroxyl groups is 1. The van der Waals surface area contributed by atoms with E-state index in [2.05, 4.69) is 0 Å². The van der Waals surface area contributed by atoms with E-state index in [1.807, 2.05) is 0 Å². The number of hydrogen-bond acceptors (Lipinski definition) is 12. The van der Waals surface area contributed by atoms with Crippen LogP contribution in [-0.4, -0.2) is 56.6 Å². The lowest BCUT2D eigenvalue weighted by atomic mass is 9.53. The number of Topliss-reactive ketones (excluding diaryl/α,β-unsaturated/α-hetero) is 2. The summed E-state index contributed by atoms with van der Waals surface area (Å²) >= 11 is 0. The minimum absolute atomic E-state index is 0.0920. The number of aromatic hydroxyl groups is 3. The van der Waals surface area contributed by atoms with Crippen molar-refractivity contribution in [3.05, 3.63) is 86.1 Å². The molecule has 4 aliphatic rings. The molecule has 1 heterocycles. The number of fused-ring (bicyclic) bond motifs is 3. The van der Waals surface area contributed by atoms with Crippen LogP contribution in [0.15, 0.2) is 51.7 Å². The monoisotopic (exact) mass is 612 g/mol. The van der Waals surface area contributed by atoms with E-state index in [4.69, 9.17) is 13.9 Å². The molecule has 4 aliphatic carbocycles. The fourth-order valence-electron chi connectivity index (χ4n) is 7.33. The molecule has 2 bridgehead atoms. The molecule has 4 N–H and O–H groups in total. The van der Waals surface area contributed by atoms with E-state index in [0.717, 1.165) is 20.1 Å². The van der Waals surface area contributed by atoms with Crippen molar-refractivity contribution in [3.63, 3.8) is 0 Å². The number of ketones is 2. The number of phenols is 3. The summed E-state index contributed by atoms with van der Waals surface area (Å²) in [4.78, 5) is 67.3. The molecule has 4 unspecified atom stereocenters. The maximum Gasteiger partial charge on any atom is 0.342 e. The normalized spacial score (nSPS) is 24.6. The molecule has 0 radical (unpaired) electrons. The lowest BCUT2D eigenvalue weighted by Gasteiger charge is -2.52. The van der Waals surface area contributed by atoms with Crippen LogP contribution < -0.4 is 5.43 Å². The van der Waals surface area contributed by atoms with Crippen LogP contribution in [0.1, 0.15) is 61.9 Å². The summed E-state index contributed by atoms with van der Waals surface area (Å²) in [5, 5.41) is 44.4. The highest BCUT2D eigenvalue weighted by atomic mass is 16.5. The second kappa shape index (κ2) is 9.02. The number of hydrogen-bond donors (Lipinski definition) is 4. The van der Waals surface area contributed by atoms with Crippen LogP contribution in [0.2, 0.25) is 0 Å². The van der Waals surface area contributed by atoms with E-state index < -0.39 is 80.2 Å². The Bertz CT molecular complexity index is 2190. The van der Waals surface area contributed by atoms with Crippen molar-refractivity contribution in [1.82, 2.24) is 0 Å². The van der Waals surface area contributed by atoms with E-state index in [9.17, 15) is 44.4 Å². The van der Waals surface area contributed by atoms with Crippen molar-refractivity contribution in [2.75, 3.05) is 7.11 Å². The number of rotatable bonds is 2. The number of carbonyl (C=O) groups excluding carboxylic acids is 4. The molecule has 1 aromatic heterocycles. The van der Waals surface area contributed by atoms with Crippen molar-refractivity contribution in [3.8, 4) is 17.2 Å². The van der Waals surface area contributed by atoms with Gasteiger partial charge < -0.3 is 34.3 Å². The maximum absolute atomic E-state index is 14.3. The molecule has 3 aromatic carbocycles. The Morgan fingerprint density at radius 2 is 1.73 bits per heavy atom. The molecule has 8 rings (SSSR count). The predicted molar refractivity (Wildman–Crippen MR) is 154 cm³/mol. The molecule has 45 heavy (non-hydrogen) atoms. The molecule has 228 valence electrons. The first-order chi connectivity index (χ1) is 21.3. The van der Waals surface area contributed by atoms with Crippen molar-refractivity contribution >= 4 is 45.4 Å². The SMILES string of the molecule is COC(=O)c1c(O)ccc2oc3cc4c(c(O)c3c(=O)c12)C1C=CC2(C4)C(OC(C)=O)c3cc(C)cc(O)c3C(=O)C2(O)C1=O. The molecule has 0 aliphatic heterocycles. The first-order valence-electron chi connectivity index (χ1n) is 13.8. The standard InChI is InChI=1S/C33H24O12/c1-12-8-16-22(18(36)9-12)29(40)33(42)28(39)15-6-7-32(33,30(16)44-13(2)34)11-14-10-20-25(26(37)21(14)15)27(38)24-19(45-20)5-4-17(35)23(24)31(41)43-3/h4-10,15,30,35-37,42H,11H2,1-3H3. The zero-order valence-electron chi connectivity index (χ0n) is 24.0. The fourth-order valence-corrected chi connectivity index (χ4v) is 7.33. The Morgan fingerprint density at radius 3 is 2.42 bits per heavy atom. The number of benzene rings is 3. The predicted octanol–water partition coefficient (Wildman–Crippen LogP) is 3.15. The average molecular weight is 613 g/mol. The van der Waals surface area contributed by atoms with Crippen molar-refractivity contribution in [1.29, 1.82) is 0 Å². The lowest BCUT2D eigenvalue weighted by Crippen LogP contribution is -2.66. The quantitative estimate of drug-likeness (QED) is 0.112. The molecular formula is C33H24O12. The van der Waals surface area contributed by atoms with Gasteiger partial charge in [0.25, 0.3) is 0 Å². The van der Waals surface area contributed by atoms with Gasteiger partial charge in [-0.25, -0.2) is 4.79 Å². The van der Waals surface area contributed by atoms with Crippen LogP contribution in [0.4, 0.5) is 0 Å². The largest absolute Gasteiger partial charge is 0.507 e. The van der Waals surface area contributed by atoms with Gasteiger partial charge >= 0.3 is 11.9 Å². The number of esters is 2. The Balaban J connectivity index is 1.57. The van der Waals surface area contributed by atoms with Crippen LogP contribution >= 0.6 is 0 Å². The Kier molecular flexibility index (Phi) is 5.67.